The minimum Gasteiger partial charge on any atom is -0.432 e. The van der Waals surface area contributed by atoms with Crippen LogP contribution < -0.4 is 34.0 Å². The molecule has 3 fully saturated rings. The number of carbonyl (C=O) groups excluding carboxylic acids is 4. The predicted octanol–water partition coefficient (Wildman–Crippen LogP) is 1.86. The first-order valence-electron chi connectivity index (χ1n) is 19.6. The van der Waals surface area contributed by atoms with Crippen LogP contribution in [0.1, 0.15) is 46.4 Å². The van der Waals surface area contributed by atoms with E-state index in [2.05, 4.69) is 88.9 Å². The number of aromatic nitrogens is 3. The van der Waals surface area contributed by atoms with Crippen molar-refractivity contribution < 1.29 is 42.8 Å². The van der Waals surface area contributed by atoms with Gasteiger partial charge in [0.25, 0.3) is 11.8 Å². The van der Waals surface area contributed by atoms with Gasteiger partial charge in [-0.2, -0.15) is 0 Å². The molecule has 0 saturated carbocycles. The predicted molar refractivity (Wildman–Crippen MR) is 219 cm³/mol. The first-order chi connectivity index (χ1) is 27.7. The second-order valence-corrected chi connectivity index (χ2v) is 15.0. The molecule has 2 aromatic carbocycles. The van der Waals surface area contributed by atoms with Crippen LogP contribution in [0.5, 0.6) is 0 Å². The largest absolute Gasteiger partial charge is 1.00 e. The molecule has 1 N–H and O–H groups in total. The van der Waals surface area contributed by atoms with Gasteiger partial charge in [-0.15, -0.1) is 19.6 Å². The fourth-order valence-electron chi connectivity index (χ4n) is 8.26. The molecular formula is C44H47LiN8O5-2. The van der Waals surface area contributed by atoms with Gasteiger partial charge in [-0.05, 0) is 80.4 Å². The summed E-state index contributed by atoms with van der Waals surface area (Å²) in [5.74, 6) is -0.997. The Morgan fingerprint density at radius 1 is 0.810 bits per heavy atom. The van der Waals surface area contributed by atoms with Gasteiger partial charge in [0.15, 0.2) is 0 Å². The molecule has 5 aromatic rings. The minimum atomic E-state index is -0.949. The summed E-state index contributed by atoms with van der Waals surface area (Å²) in [6.45, 7) is 17.5. The number of fused-ring (bicyclic) bond motifs is 4. The summed E-state index contributed by atoms with van der Waals surface area (Å²) in [6.07, 6.45) is 9.00. The number of ether oxygens (including phenoxy) is 1. The molecule has 296 valence electrons. The SMILES string of the molecule is [CH2-]CN(C[CH2-])c1ccc2c(c1)C(=O)N(C1CCC(=O)NC1=O)C2=O.[CH2-]CN1CCC(OC2CN(c3ccc(-c4ccc5c6cnccc6n(C)c5c4)cn3)C2)CC1.[Li+]. The number of anilines is 2. The minimum absolute atomic E-state index is 0. The molecule has 4 aliphatic rings. The number of amides is 4. The van der Waals surface area contributed by atoms with Crippen LogP contribution in [0.3, 0.4) is 0 Å². The van der Waals surface area contributed by atoms with Crippen LogP contribution in [0.25, 0.3) is 32.9 Å². The number of hydrogen-bond acceptors (Lipinski definition) is 10. The Balaban J connectivity index is 0.000000183. The van der Waals surface area contributed by atoms with Crippen LogP contribution in [0.2, 0.25) is 0 Å². The molecule has 4 amide bonds. The van der Waals surface area contributed by atoms with E-state index in [1.807, 2.05) is 23.5 Å². The Labute approximate surface area is 350 Å². The zero-order valence-corrected chi connectivity index (χ0v) is 33.2. The van der Waals surface area contributed by atoms with E-state index in [0.29, 0.717) is 25.3 Å². The van der Waals surface area contributed by atoms with Gasteiger partial charge in [-0.25, -0.2) is 4.98 Å². The summed E-state index contributed by atoms with van der Waals surface area (Å²) in [5.41, 5.74) is 5.99. The molecule has 14 heteroatoms. The van der Waals surface area contributed by atoms with Gasteiger partial charge in [0.05, 0.1) is 28.9 Å². The molecule has 3 saturated heterocycles. The molecule has 58 heavy (non-hydrogen) atoms. The third-order valence-electron chi connectivity index (χ3n) is 11.6. The molecule has 13 nitrogen and oxygen atoms in total. The van der Waals surface area contributed by atoms with Crippen molar-refractivity contribution >= 4 is 56.9 Å². The Bertz CT molecular complexity index is 2330. The summed E-state index contributed by atoms with van der Waals surface area (Å²) in [6, 6.07) is 17.0. The Kier molecular flexibility index (Phi) is 12.4. The number of hydrogen-bond donors (Lipinski definition) is 1. The van der Waals surface area contributed by atoms with Crippen LogP contribution in [0.15, 0.2) is 73.2 Å². The van der Waals surface area contributed by atoms with Crippen molar-refractivity contribution in [3.8, 4) is 11.1 Å². The van der Waals surface area contributed by atoms with E-state index in [0.717, 1.165) is 67.5 Å². The molecule has 0 spiro atoms. The molecular weight excluding hydrogens is 727 g/mol. The first kappa shape index (κ1) is 41.1. The van der Waals surface area contributed by atoms with E-state index < -0.39 is 29.7 Å². The number of benzene rings is 2. The van der Waals surface area contributed by atoms with E-state index in [-0.39, 0.29) is 42.8 Å². The van der Waals surface area contributed by atoms with Crippen LogP contribution in [-0.4, -0.2) is 112 Å². The number of imide groups is 2. The van der Waals surface area contributed by atoms with E-state index in [4.69, 9.17) is 9.72 Å². The summed E-state index contributed by atoms with van der Waals surface area (Å²) < 4.78 is 8.56. The molecule has 1 unspecified atom stereocenters. The van der Waals surface area contributed by atoms with Crippen molar-refractivity contribution in [1.29, 1.82) is 0 Å². The standard InChI is InChI=1S/C27H30N5O.C17H17N3O4.Li/c1-3-31-12-9-21(10-13-31)33-22-17-32(18-22)27-7-5-20(15-29-27)19-4-6-23-24-16-28-11-8-25(24)30(2)26(23)14-19;1-3-19(4-2)10-5-6-11-12(9-10)17(24)20(16(11)23)13-7-8-14(21)18-15(13)22;/h4-8,11,14-16,21-22H,1,3,9-10,12-13,17-18H2,2H3;5-6,9,13H,1-4,7-8H2,(H,18,21,22);/q-1;-2;+1. The van der Waals surface area contributed by atoms with Crippen LogP contribution in [0.4, 0.5) is 11.5 Å². The van der Waals surface area contributed by atoms with E-state index in [9.17, 15) is 19.2 Å². The molecule has 3 aromatic heterocycles. The second kappa shape index (κ2) is 17.4. The number of nitrogens with zero attached hydrogens (tertiary/aromatic N) is 7. The number of piperidine rings is 2. The molecule has 0 bridgehead atoms. The zero-order valence-electron chi connectivity index (χ0n) is 33.2. The van der Waals surface area contributed by atoms with Crippen molar-refractivity contribution in [3.05, 3.63) is 105 Å². The maximum atomic E-state index is 12.7. The van der Waals surface area contributed by atoms with Gasteiger partial charge in [0, 0.05) is 72.7 Å². The van der Waals surface area contributed by atoms with Gasteiger partial charge in [-0.1, -0.05) is 12.1 Å². The third kappa shape index (κ3) is 7.88. The Hall–Kier alpha value is -5.06. The maximum absolute atomic E-state index is 12.7. The molecule has 0 radical (unpaired) electrons. The van der Waals surface area contributed by atoms with Gasteiger partial charge < -0.3 is 44.8 Å². The Morgan fingerprint density at radius 2 is 1.55 bits per heavy atom. The van der Waals surface area contributed by atoms with Crippen molar-refractivity contribution in [2.24, 2.45) is 7.05 Å². The van der Waals surface area contributed by atoms with Crippen molar-refractivity contribution in [2.45, 2.75) is 43.9 Å². The molecule has 0 aliphatic carbocycles. The fraction of sp³-hybridized carbons (Fsp3) is 0.341. The fourth-order valence-corrected chi connectivity index (χ4v) is 8.26. The summed E-state index contributed by atoms with van der Waals surface area (Å²) in [7, 11) is 2.11. The van der Waals surface area contributed by atoms with E-state index >= 15 is 0 Å². The molecule has 9 rings (SSSR count). The van der Waals surface area contributed by atoms with Crippen molar-refractivity contribution in [1.82, 2.24) is 29.7 Å². The molecule has 7 heterocycles. The zero-order chi connectivity index (χ0) is 39.8. The average Bonchev–Trinajstić information content (AvgIpc) is 3.65. The number of rotatable bonds is 9. The topological polar surface area (TPSA) is 133 Å². The number of carbonyl (C=O) groups is 4. The van der Waals surface area contributed by atoms with Crippen LogP contribution >= 0.6 is 0 Å². The van der Waals surface area contributed by atoms with E-state index in [1.165, 1.54) is 27.4 Å². The van der Waals surface area contributed by atoms with E-state index in [1.54, 1.807) is 18.2 Å². The van der Waals surface area contributed by atoms with Gasteiger partial charge in [0.2, 0.25) is 11.8 Å². The number of aryl methyl sites for hydroxylation is 1. The van der Waals surface area contributed by atoms with Gasteiger partial charge in [-0.3, -0.25) is 34.4 Å². The third-order valence-corrected chi connectivity index (χ3v) is 11.6. The number of pyridine rings is 2. The average molecular weight is 775 g/mol. The first-order valence-corrected chi connectivity index (χ1v) is 19.6. The van der Waals surface area contributed by atoms with Crippen molar-refractivity contribution in [3.63, 3.8) is 0 Å². The van der Waals surface area contributed by atoms with Crippen LogP contribution in [-0.2, 0) is 21.4 Å². The van der Waals surface area contributed by atoms with Crippen molar-refractivity contribution in [2.75, 3.05) is 55.6 Å². The summed E-state index contributed by atoms with van der Waals surface area (Å²) >= 11 is 0. The second-order valence-electron chi connectivity index (χ2n) is 15.0. The monoisotopic (exact) mass is 774 g/mol. The quantitative estimate of drug-likeness (QED) is 0.135. The molecule has 1 atom stereocenters. The van der Waals surface area contributed by atoms with Crippen LogP contribution in [0, 0.1) is 20.8 Å². The number of nitrogens with one attached hydrogen (secondary N) is 1. The van der Waals surface area contributed by atoms with Gasteiger partial charge >= 0.3 is 18.9 Å². The normalized spacial score (nSPS) is 18.8. The number of likely N-dealkylation sites (tertiary alicyclic amines) is 1. The smallest absolute Gasteiger partial charge is 0.432 e. The summed E-state index contributed by atoms with van der Waals surface area (Å²) in [4.78, 5) is 65.1. The Morgan fingerprint density at radius 3 is 2.24 bits per heavy atom. The van der Waals surface area contributed by atoms with Gasteiger partial charge in [0.1, 0.15) is 11.9 Å². The molecule has 4 aliphatic heterocycles. The maximum Gasteiger partial charge on any atom is 1.00 e. The summed E-state index contributed by atoms with van der Waals surface area (Å²) in [5, 5.41) is 4.60.